The fourth-order valence-electron chi connectivity index (χ4n) is 1.08. The lowest BCUT2D eigenvalue weighted by Gasteiger charge is -2.01. The number of carbonyl (C=O) groups excluding carboxylic acids is 1. The highest BCUT2D eigenvalue weighted by atomic mass is 16.5. The Morgan fingerprint density at radius 2 is 2.06 bits per heavy atom. The van der Waals surface area contributed by atoms with Gasteiger partial charge in [0, 0.05) is 5.56 Å². The summed E-state index contributed by atoms with van der Waals surface area (Å²) in [5.74, 6) is -1.53. The molecule has 0 saturated carbocycles. The minimum atomic E-state index is -1.17. The van der Waals surface area contributed by atoms with Gasteiger partial charge < -0.3 is 20.4 Å². The van der Waals surface area contributed by atoms with Crippen molar-refractivity contribution in [2.75, 3.05) is 0 Å². The van der Waals surface area contributed by atoms with Gasteiger partial charge in [-0.25, -0.2) is 0 Å². The Hall–Kier alpha value is -1.88. The van der Waals surface area contributed by atoms with E-state index < -0.39 is 12.0 Å². The lowest BCUT2D eigenvalue weighted by molar-refractivity contribution is -0.138. The van der Waals surface area contributed by atoms with Crippen LogP contribution >= 0.6 is 0 Å². The molecule has 1 aromatic rings. The third-order valence-electron chi connectivity index (χ3n) is 1.96. The second kappa shape index (κ2) is 5.87. The zero-order chi connectivity index (χ0) is 12.0. The maximum Gasteiger partial charge on any atom is 0.485 e. The Bertz CT molecular complexity index is 364. The SMILES string of the molecule is N[C@H](CC(=[OH+])OCc1ccccc1)C(=O)O. The van der Waals surface area contributed by atoms with E-state index in [2.05, 4.69) is 0 Å². The summed E-state index contributed by atoms with van der Waals surface area (Å²) in [5.41, 5.74) is 6.11. The molecular weight excluding hydrogens is 210 g/mol. The van der Waals surface area contributed by atoms with Crippen molar-refractivity contribution in [1.82, 2.24) is 0 Å². The summed E-state index contributed by atoms with van der Waals surface area (Å²) < 4.78 is 4.98. The Balaban J connectivity index is 2.33. The van der Waals surface area contributed by atoms with Crippen molar-refractivity contribution in [2.45, 2.75) is 19.1 Å². The Morgan fingerprint density at radius 1 is 1.44 bits per heavy atom. The number of rotatable bonds is 5. The number of aliphatic carboxylic acids is 1. The number of benzene rings is 1. The first-order chi connectivity index (χ1) is 7.59. The molecule has 16 heavy (non-hydrogen) atoms. The minimum Gasteiger partial charge on any atom is -0.480 e. The van der Waals surface area contributed by atoms with Crippen molar-refractivity contribution in [1.29, 1.82) is 0 Å². The number of ether oxygens (including phenoxy) is 1. The van der Waals surface area contributed by atoms with E-state index in [1.807, 2.05) is 30.3 Å². The minimum absolute atomic E-state index is 0.193. The number of esters is 1. The van der Waals surface area contributed by atoms with E-state index in [-0.39, 0.29) is 19.0 Å². The van der Waals surface area contributed by atoms with Gasteiger partial charge >= 0.3 is 11.9 Å². The highest BCUT2D eigenvalue weighted by Gasteiger charge is 2.22. The fourth-order valence-corrected chi connectivity index (χ4v) is 1.08. The van der Waals surface area contributed by atoms with Gasteiger partial charge in [-0.05, 0) is 0 Å². The lowest BCUT2D eigenvalue weighted by atomic mass is 10.2. The highest BCUT2D eigenvalue weighted by molar-refractivity contribution is 5.81. The topological polar surface area (TPSA) is 94.0 Å². The van der Waals surface area contributed by atoms with Crippen LogP contribution in [-0.4, -0.2) is 27.9 Å². The number of carboxylic acid groups (broad SMARTS) is 1. The van der Waals surface area contributed by atoms with Crippen LogP contribution in [0.5, 0.6) is 0 Å². The van der Waals surface area contributed by atoms with Gasteiger partial charge in [-0.3, -0.25) is 4.79 Å². The summed E-state index contributed by atoms with van der Waals surface area (Å²) in [5, 5.41) is 8.51. The molecule has 5 nitrogen and oxygen atoms in total. The van der Waals surface area contributed by atoms with Crippen molar-refractivity contribution in [3.05, 3.63) is 35.9 Å². The van der Waals surface area contributed by atoms with Gasteiger partial charge in [0.25, 0.3) is 0 Å². The molecule has 0 saturated heterocycles. The van der Waals surface area contributed by atoms with Gasteiger partial charge in [-0.2, -0.15) is 0 Å². The van der Waals surface area contributed by atoms with Crippen LogP contribution < -0.4 is 5.73 Å². The Kier molecular flexibility index (Phi) is 4.47. The molecule has 0 spiro atoms. The Morgan fingerprint density at radius 3 is 2.62 bits per heavy atom. The molecule has 5 heteroatoms. The first-order valence-electron chi connectivity index (χ1n) is 4.79. The molecule has 0 aliphatic rings. The smallest absolute Gasteiger partial charge is 0.480 e. The summed E-state index contributed by atoms with van der Waals surface area (Å²) in [4.78, 5) is 19.7. The number of carbonyl (C=O) groups is 1. The monoisotopic (exact) mass is 224 g/mol. The van der Waals surface area contributed by atoms with Crippen molar-refractivity contribution in [2.24, 2.45) is 5.73 Å². The van der Waals surface area contributed by atoms with Gasteiger partial charge in [-0.15, -0.1) is 0 Å². The molecule has 0 heterocycles. The number of carboxylic acids is 1. The molecule has 1 atom stereocenters. The molecule has 1 rings (SSSR count). The van der Waals surface area contributed by atoms with Crippen molar-refractivity contribution >= 4 is 11.9 Å². The van der Waals surface area contributed by atoms with Crippen LogP contribution in [-0.2, 0) is 16.1 Å². The van der Waals surface area contributed by atoms with E-state index in [1.165, 1.54) is 0 Å². The van der Waals surface area contributed by atoms with Crippen LogP contribution in [0.4, 0.5) is 0 Å². The Labute approximate surface area is 92.8 Å². The molecule has 0 amide bonds. The molecule has 86 valence electrons. The second-order valence-electron chi connectivity index (χ2n) is 3.32. The predicted octanol–water partition coefficient (Wildman–Crippen LogP) is 0.508. The molecule has 0 aliphatic heterocycles. The van der Waals surface area contributed by atoms with Crippen molar-refractivity contribution < 1.29 is 19.4 Å². The first-order valence-corrected chi connectivity index (χ1v) is 4.79. The zero-order valence-corrected chi connectivity index (χ0v) is 8.67. The fraction of sp³-hybridized carbons (Fsp3) is 0.273. The zero-order valence-electron chi connectivity index (χ0n) is 8.67. The quantitative estimate of drug-likeness (QED) is 0.562. The molecule has 4 N–H and O–H groups in total. The van der Waals surface area contributed by atoms with Gasteiger partial charge in [0.05, 0.1) is 0 Å². The first kappa shape index (κ1) is 12.2. The van der Waals surface area contributed by atoms with Gasteiger partial charge in [0.1, 0.15) is 12.5 Å². The van der Waals surface area contributed by atoms with E-state index in [0.29, 0.717) is 0 Å². The average molecular weight is 224 g/mol. The number of hydrogen-bond acceptors (Lipinski definition) is 3. The third-order valence-corrected chi connectivity index (χ3v) is 1.96. The average Bonchev–Trinajstić information content (AvgIpc) is 2.27. The van der Waals surface area contributed by atoms with Crippen LogP contribution in [0.15, 0.2) is 30.3 Å². The molecule has 0 fully saturated rings. The van der Waals surface area contributed by atoms with E-state index in [9.17, 15) is 9.59 Å². The van der Waals surface area contributed by atoms with E-state index >= 15 is 0 Å². The maximum atomic E-state index is 10.4. The largest absolute Gasteiger partial charge is 0.485 e. The van der Waals surface area contributed by atoms with Gasteiger partial charge in [0.15, 0.2) is 0 Å². The number of nitrogens with two attached hydrogens (primary N) is 1. The molecular formula is C11H14NO4+. The van der Waals surface area contributed by atoms with Crippen LogP contribution in [0.25, 0.3) is 0 Å². The molecule has 0 unspecified atom stereocenters. The number of hydrogen-bond donors (Lipinski definition) is 2. The third kappa shape index (κ3) is 4.10. The lowest BCUT2D eigenvalue weighted by Crippen LogP contribution is -2.33. The highest BCUT2D eigenvalue weighted by Crippen LogP contribution is 2.02. The van der Waals surface area contributed by atoms with Crippen LogP contribution in [0, 0.1) is 0 Å². The van der Waals surface area contributed by atoms with Crippen molar-refractivity contribution in [3.8, 4) is 0 Å². The maximum absolute atomic E-state index is 10.4. The van der Waals surface area contributed by atoms with Gasteiger partial charge in [-0.1, -0.05) is 30.3 Å². The molecule has 0 aliphatic carbocycles. The molecule has 1 aromatic carbocycles. The normalized spacial score (nSPS) is 11.8. The second-order valence-corrected chi connectivity index (χ2v) is 3.32. The van der Waals surface area contributed by atoms with Crippen LogP contribution in [0.1, 0.15) is 12.0 Å². The summed E-state index contributed by atoms with van der Waals surface area (Å²) in [6.07, 6.45) is -0.206. The van der Waals surface area contributed by atoms with E-state index in [1.54, 1.807) is 0 Å². The molecule has 0 aromatic heterocycles. The molecule has 0 bridgehead atoms. The van der Waals surface area contributed by atoms with Gasteiger partial charge in [0.2, 0.25) is 6.61 Å². The van der Waals surface area contributed by atoms with Crippen molar-refractivity contribution in [3.63, 3.8) is 0 Å². The van der Waals surface area contributed by atoms with Crippen LogP contribution in [0.2, 0.25) is 0 Å². The molecule has 0 radical (unpaired) electrons. The predicted molar refractivity (Wildman–Crippen MR) is 58.4 cm³/mol. The van der Waals surface area contributed by atoms with E-state index in [0.717, 1.165) is 5.56 Å². The summed E-state index contributed by atoms with van der Waals surface area (Å²) in [6, 6.07) is 8.09. The summed E-state index contributed by atoms with van der Waals surface area (Å²) in [7, 11) is 0. The summed E-state index contributed by atoms with van der Waals surface area (Å²) in [6.45, 7) is 0.193. The van der Waals surface area contributed by atoms with Crippen LogP contribution in [0.3, 0.4) is 0 Å². The summed E-state index contributed by atoms with van der Waals surface area (Å²) >= 11 is 0. The standard InChI is InChI=1S/C11H13NO4/c12-9(11(14)15)6-10(13)16-7-8-4-2-1-3-5-8/h1-5,9H,6-7,12H2,(H,14,15)/p+1/t9-/m1/s1. The van der Waals surface area contributed by atoms with E-state index in [4.69, 9.17) is 15.6 Å².